The lowest BCUT2D eigenvalue weighted by atomic mass is 10.3. The van der Waals surface area contributed by atoms with Gasteiger partial charge in [0.1, 0.15) is 16.1 Å². The van der Waals surface area contributed by atoms with Gasteiger partial charge < -0.3 is 10.6 Å². The van der Waals surface area contributed by atoms with Crippen LogP contribution in [0.15, 0.2) is 46.0 Å². The van der Waals surface area contributed by atoms with Crippen molar-refractivity contribution in [1.82, 2.24) is 9.62 Å². The molecule has 0 unspecified atom stereocenters. The number of likely N-dealkylation sites (tertiary alicyclic amines) is 1. The lowest BCUT2D eigenvalue weighted by Crippen LogP contribution is -2.41. The number of nitrogens with two attached hydrogens (primary N) is 1. The van der Waals surface area contributed by atoms with Crippen LogP contribution >= 0.6 is 22.7 Å². The van der Waals surface area contributed by atoms with Crippen LogP contribution in [0.3, 0.4) is 0 Å². The van der Waals surface area contributed by atoms with Crippen LogP contribution in [-0.4, -0.2) is 37.6 Å². The average Bonchev–Trinajstić information content (AvgIpc) is 3.36. The second-order valence-electron chi connectivity index (χ2n) is 6.56. The molecule has 0 bridgehead atoms. The number of nitrogens with one attached hydrogen (secondary N) is 2. The van der Waals surface area contributed by atoms with Crippen LogP contribution in [0.2, 0.25) is 0 Å². The van der Waals surface area contributed by atoms with Crippen molar-refractivity contribution in [1.29, 1.82) is 5.41 Å². The highest BCUT2D eigenvalue weighted by Gasteiger charge is 2.35. The fourth-order valence-electron chi connectivity index (χ4n) is 3.16. The molecule has 146 valence electrons. The molecule has 1 aromatic carbocycles. The lowest BCUT2D eigenvalue weighted by Gasteiger charge is -2.16. The summed E-state index contributed by atoms with van der Waals surface area (Å²) in [5.41, 5.74) is 6.36. The van der Waals surface area contributed by atoms with Gasteiger partial charge in [-0.3, -0.25) is 10.2 Å². The highest BCUT2D eigenvalue weighted by molar-refractivity contribution is 7.91. The maximum Gasteiger partial charge on any atom is 0.250 e. The van der Waals surface area contributed by atoms with E-state index in [2.05, 4.69) is 4.72 Å². The number of hydrogen-bond acceptors (Lipinski definition) is 6. The molecule has 3 heterocycles. The zero-order chi connectivity index (χ0) is 19.9. The molecule has 7 nitrogen and oxygen atoms in total. The molecular weight excluding hydrogens is 416 g/mol. The lowest BCUT2D eigenvalue weighted by molar-refractivity contribution is -0.129. The van der Waals surface area contributed by atoms with E-state index in [4.69, 9.17) is 11.1 Å². The van der Waals surface area contributed by atoms with Crippen molar-refractivity contribution in [2.45, 2.75) is 23.2 Å². The van der Waals surface area contributed by atoms with Crippen molar-refractivity contribution < 1.29 is 13.2 Å². The molecule has 0 aliphatic carbocycles. The van der Waals surface area contributed by atoms with Crippen molar-refractivity contribution in [2.24, 2.45) is 5.73 Å². The first-order valence-electron chi connectivity index (χ1n) is 8.55. The second kappa shape index (κ2) is 7.28. The molecule has 10 heteroatoms. The zero-order valence-electron chi connectivity index (χ0n) is 14.7. The molecule has 1 amide bonds. The third-order valence-electron chi connectivity index (χ3n) is 4.56. The summed E-state index contributed by atoms with van der Waals surface area (Å²) >= 11 is 2.55. The number of benzene rings is 1. The van der Waals surface area contributed by atoms with Gasteiger partial charge in [-0.05, 0) is 40.9 Å². The van der Waals surface area contributed by atoms with Crippen molar-refractivity contribution in [3.05, 3.63) is 52.2 Å². The van der Waals surface area contributed by atoms with Crippen LogP contribution in [-0.2, 0) is 21.4 Å². The number of rotatable bonds is 6. The summed E-state index contributed by atoms with van der Waals surface area (Å²) in [7, 11) is -3.76. The minimum absolute atomic E-state index is 0.00188. The molecule has 28 heavy (non-hydrogen) atoms. The van der Waals surface area contributed by atoms with E-state index >= 15 is 0 Å². The first kappa shape index (κ1) is 19.1. The maximum atomic E-state index is 12.7. The number of sulfonamides is 1. The van der Waals surface area contributed by atoms with Crippen molar-refractivity contribution >= 4 is 54.5 Å². The van der Waals surface area contributed by atoms with Gasteiger partial charge in [-0.15, -0.1) is 22.7 Å². The van der Waals surface area contributed by atoms with E-state index in [1.54, 1.807) is 17.0 Å². The predicted molar refractivity (Wildman–Crippen MR) is 111 cm³/mol. The normalized spacial score (nSPS) is 17.5. The molecule has 0 radical (unpaired) electrons. The number of hydrogen-bond donors (Lipinski definition) is 3. The van der Waals surface area contributed by atoms with Gasteiger partial charge in [0.2, 0.25) is 5.91 Å². The summed E-state index contributed by atoms with van der Waals surface area (Å²) < 4.78 is 29.1. The van der Waals surface area contributed by atoms with Gasteiger partial charge in [0.05, 0.1) is 4.88 Å². The smallest absolute Gasteiger partial charge is 0.250 e. The number of carbonyl (C=O) groups is 1. The second-order valence-corrected chi connectivity index (χ2v) is 10.5. The van der Waals surface area contributed by atoms with Gasteiger partial charge in [-0.25, -0.2) is 8.42 Å². The summed E-state index contributed by atoms with van der Waals surface area (Å²) in [6.07, 6.45) is 0.423. The van der Waals surface area contributed by atoms with Crippen LogP contribution in [0.25, 0.3) is 10.1 Å². The molecule has 1 aliphatic heterocycles. The molecule has 2 aromatic heterocycles. The number of carbonyl (C=O) groups excluding carboxylic acids is 1. The maximum absolute atomic E-state index is 12.7. The SMILES string of the molecule is N=C(N)c1cc(CN2CC[C@H](NS(=O)(=O)c3cc4ccccc4s3)C2=O)cs1. The predicted octanol–water partition coefficient (Wildman–Crippen LogP) is 2.33. The van der Waals surface area contributed by atoms with Crippen LogP contribution < -0.4 is 10.5 Å². The zero-order valence-corrected chi connectivity index (χ0v) is 17.2. The fraction of sp³-hybridized carbons (Fsp3) is 0.222. The Morgan fingerprint density at radius 3 is 2.82 bits per heavy atom. The number of fused-ring (bicyclic) bond motifs is 1. The fourth-order valence-corrected chi connectivity index (χ4v) is 6.57. The van der Waals surface area contributed by atoms with E-state index in [9.17, 15) is 13.2 Å². The van der Waals surface area contributed by atoms with Gasteiger partial charge in [-0.2, -0.15) is 4.72 Å². The van der Waals surface area contributed by atoms with Gasteiger partial charge >= 0.3 is 0 Å². The van der Waals surface area contributed by atoms with Crippen LogP contribution in [0.1, 0.15) is 16.9 Å². The number of thiophene rings is 2. The van der Waals surface area contributed by atoms with E-state index in [0.29, 0.717) is 24.4 Å². The van der Waals surface area contributed by atoms with E-state index in [1.165, 1.54) is 22.7 Å². The van der Waals surface area contributed by atoms with Gasteiger partial charge in [0.15, 0.2) is 0 Å². The molecule has 4 N–H and O–H groups in total. The van der Waals surface area contributed by atoms with Crippen LogP contribution in [0.4, 0.5) is 0 Å². The number of amides is 1. The van der Waals surface area contributed by atoms with E-state index in [1.807, 2.05) is 29.6 Å². The molecule has 3 aromatic rings. The highest BCUT2D eigenvalue weighted by Crippen LogP contribution is 2.29. The average molecular weight is 435 g/mol. The molecule has 1 atom stereocenters. The Labute approximate surface area is 170 Å². The Morgan fingerprint density at radius 1 is 1.32 bits per heavy atom. The summed E-state index contributed by atoms with van der Waals surface area (Å²) in [5, 5.41) is 10.2. The van der Waals surface area contributed by atoms with E-state index in [-0.39, 0.29) is 16.0 Å². The quantitative estimate of drug-likeness (QED) is 0.408. The molecule has 1 fully saturated rings. The van der Waals surface area contributed by atoms with Crippen molar-refractivity contribution in [3.63, 3.8) is 0 Å². The summed E-state index contributed by atoms with van der Waals surface area (Å²) in [5.74, 6) is -0.238. The topological polar surface area (TPSA) is 116 Å². The number of amidine groups is 1. The van der Waals surface area contributed by atoms with E-state index in [0.717, 1.165) is 15.6 Å². The number of nitrogens with zero attached hydrogens (tertiary/aromatic N) is 1. The molecule has 0 spiro atoms. The van der Waals surface area contributed by atoms with Gasteiger partial charge in [-0.1, -0.05) is 18.2 Å². The molecule has 4 rings (SSSR count). The Morgan fingerprint density at radius 2 is 2.11 bits per heavy atom. The number of nitrogen functional groups attached to an aromatic ring is 1. The molecule has 0 saturated carbocycles. The Kier molecular flexibility index (Phi) is 4.96. The van der Waals surface area contributed by atoms with Crippen LogP contribution in [0, 0.1) is 5.41 Å². The van der Waals surface area contributed by atoms with Gasteiger partial charge in [0, 0.05) is 17.8 Å². The largest absolute Gasteiger partial charge is 0.383 e. The Hall–Kier alpha value is -2.27. The standard InChI is InChI=1S/C18H18N4O3S3/c19-17(20)15-7-11(10-26-15)9-22-6-5-13(18(22)23)21-28(24,25)16-8-12-3-1-2-4-14(12)27-16/h1-4,7-8,10,13,21H,5-6,9H2,(H3,19,20)/t13-/m0/s1. The van der Waals surface area contributed by atoms with Gasteiger partial charge in [0.25, 0.3) is 10.0 Å². The molecule has 1 saturated heterocycles. The minimum Gasteiger partial charge on any atom is -0.383 e. The van der Waals surface area contributed by atoms with Crippen molar-refractivity contribution in [3.8, 4) is 0 Å². The molecular formula is C18H18N4O3S3. The van der Waals surface area contributed by atoms with Crippen molar-refractivity contribution in [2.75, 3.05) is 6.54 Å². The Balaban J connectivity index is 1.46. The van der Waals surface area contributed by atoms with E-state index < -0.39 is 16.1 Å². The summed E-state index contributed by atoms with van der Waals surface area (Å²) in [4.78, 5) is 15.0. The highest BCUT2D eigenvalue weighted by atomic mass is 32.2. The third-order valence-corrected chi connectivity index (χ3v) is 8.63. The first-order chi connectivity index (χ1) is 13.3. The third kappa shape index (κ3) is 3.68. The Bertz CT molecular complexity index is 1130. The summed E-state index contributed by atoms with van der Waals surface area (Å²) in [6, 6.07) is 10.1. The summed E-state index contributed by atoms with van der Waals surface area (Å²) in [6.45, 7) is 0.855. The molecule has 1 aliphatic rings. The monoisotopic (exact) mass is 434 g/mol. The van der Waals surface area contributed by atoms with Crippen LogP contribution in [0.5, 0.6) is 0 Å². The minimum atomic E-state index is -3.76. The first-order valence-corrected chi connectivity index (χ1v) is 11.7.